The molecular formula is C19H24ClN2O+. The van der Waals surface area contributed by atoms with Gasteiger partial charge in [-0.2, -0.15) is 0 Å². The fraction of sp³-hybridized carbons (Fsp3) is 0.316. The molecule has 0 aliphatic heterocycles. The number of rotatable bonds is 6. The van der Waals surface area contributed by atoms with Crippen LogP contribution in [0.1, 0.15) is 36.6 Å². The van der Waals surface area contributed by atoms with Gasteiger partial charge in [0.15, 0.2) is 6.54 Å². The van der Waals surface area contributed by atoms with E-state index < -0.39 is 0 Å². The number of nitrogens with two attached hydrogens (primary N) is 1. The maximum Gasteiger partial charge on any atom is 0.279 e. The second-order valence-electron chi connectivity index (χ2n) is 5.79. The number of quaternary nitrogens is 1. The highest BCUT2D eigenvalue weighted by atomic mass is 35.5. The predicted molar refractivity (Wildman–Crippen MR) is 95.8 cm³/mol. The Hall–Kier alpha value is -1.84. The number of hydrogen-bond donors (Lipinski definition) is 2. The van der Waals surface area contributed by atoms with Crippen molar-refractivity contribution in [3.63, 3.8) is 0 Å². The van der Waals surface area contributed by atoms with Gasteiger partial charge in [0.25, 0.3) is 5.91 Å². The SMILES string of the molecule is CCc1cccc(C)c1NC(=O)C[NH2+][C@H](C)c1cccc(Cl)c1. The van der Waals surface area contributed by atoms with E-state index >= 15 is 0 Å². The molecule has 2 aromatic carbocycles. The smallest absolute Gasteiger partial charge is 0.279 e. The van der Waals surface area contributed by atoms with E-state index in [4.69, 9.17) is 11.6 Å². The Kier molecular flexibility index (Phi) is 6.20. The first kappa shape index (κ1) is 17.5. The van der Waals surface area contributed by atoms with Gasteiger partial charge in [0.1, 0.15) is 6.04 Å². The zero-order valence-electron chi connectivity index (χ0n) is 13.9. The average molecular weight is 332 g/mol. The van der Waals surface area contributed by atoms with Gasteiger partial charge in [-0.05, 0) is 43.5 Å². The summed E-state index contributed by atoms with van der Waals surface area (Å²) in [6.07, 6.45) is 0.903. The van der Waals surface area contributed by atoms with Crippen molar-refractivity contribution in [2.75, 3.05) is 11.9 Å². The Morgan fingerprint density at radius 2 is 2.00 bits per heavy atom. The highest BCUT2D eigenvalue weighted by Crippen LogP contribution is 2.20. The Morgan fingerprint density at radius 1 is 1.26 bits per heavy atom. The quantitative estimate of drug-likeness (QED) is 0.836. The molecule has 2 rings (SSSR count). The molecule has 0 aliphatic rings. The van der Waals surface area contributed by atoms with Gasteiger partial charge in [-0.3, -0.25) is 4.79 Å². The molecule has 0 bridgehead atoms. The van der Waals surface area contributed by atoms with E-state index in [2.05, 4.69) is 25.2 Å². The number of benzene rings is 2. The van der Waals surface area contributed by atoms with Crippen LogP contribution < -0.4 is 10.6 Å². The van der Waals surface area contributed by atoms with E-state index in [9.17, 15) is 4.79 Å². The molecule has 0 saturated heterocycles. The standard InChI is InChI=1S/C19H23ClN2O/c1-4-15-8-5-7-13(2)19(15)22-18(23)12-21-14(3)16-9-6-10-17(20)11-16/h5-11,14,21H,4,12H2,1-3H3,(H,22,23)/p+1/t14-/m1/s1. The highest BCUT2D eigenvalue weighted by Gasteiger charge is 2.13. The molecule has 0 aromatic heterocycles. The fourth-order valence-electron chi connectivity index (χ4n) is 2.60. The molecule has 122 valence electrons. The van der Waals surface area contributed by atoms with Crippen LogP contribution in [-0.4, -0.2) is 12.5 Å². The van der Waals surface area contributed by atoms with E-state index in [1.54, 1.807) is 0 Å². The van der Waals surface area contributed by atoms with Crippen LogP contribution in [0, 0.1) is 6.92 Å². The predicted octanol–water partition coefficient (Wildman–Crippen LogP) is 3.47. The summed E-state index contributed by atoms with van der Waals surface area (Å²) >= 11 is 6.02. The lowest BCUT2D eigenvalue weighted by molar-refractivity contribution is -0.682. The number of amides is 1. The van der Waals surface area contributed by atoms with Crippen molar-refractivity contribution in [1.82, 2.24) is 0 Å². The first-order chi connectivity index (χ1) is 11.0. The average Bonchev–Trinajstić information content (AvgIpc) is 2.54. The number of hydrogen-bond acceptors (Lipinski definition) is 1. The number of aryl methyl sites for hydroxylation is 2. The van der Waals surface area contributed by atoms with Crippen LogP contribution in [0.2, 0.25) is 5.02 Å². The molecule has 1 atom stereocenters. The fourth-order valence-corrected chi connectivity index (χ4v) is 2.80. The Morgan fingerprint density at radius 3 is 2.70 bits per heavy atom. The third-order valence-corrected chi connectivity index (χ3v) is 4.27. The largest absolute Gasteiger partial charge is 0.333 e. The van der Waals surface area contributed by atoms with Gasteiger partial charge in [-0.25, -0.2) is 0 Å². The number of carbonyl (C=O) groups is 1. The van der Waals surface area contributed by atoms with E-state index in [0.717, 1.165) is 28.3 Å². The highest BCUT2D eigenvalue weighted by molar-refractivity contribution is 6.30. The normalized spacial score (nSPS) is 12.0. The molecule has 0 unspecified atom stereocenters. The van der Waals surface area contributed by atoms with Crippen molar-refractivity contribution in [3.05, 3.63) is 64.2 Å². The molecule has 4 heteroatoms. The van der Waals surface area contributed by atoms with E-state index in [1.165, 1.54) is 5.56 Å². The zero-order chi connectivity index (χ0) is 16.8. The second kappa shape index (κ2) is 8.14. The maximum absolute atomic E-state index is 12.3. The van der Waals surface area contributed by atoms with Crippen LogP contribution >= 0.6 is 11.6 Å². The maximum atomic E-state index is 12.3. The summed E-state index contributed by atoms with van der Waals surface area (Å²) in [5.74, 6) is 0.0166. The summed E-state index contributed by atoms with van der Waals surface area (Å²) in [6.45, 7) is 6.57. The van der Waals surface area contributed by atoms with Gasteiger partial charge in [-0.15, -0.1) is 0 Å². The molecule has 23 heavy (non-hydrogen) atoms. The summed E-state index contributed by atoms with van der Waals surface area (Å²) in [5, 5.41) is 5.79. The zero-order valence-corrected chi connectivity index (χ0v) is 14.7. The van der Waals surface area contributed by atoms with Crippen molar-refractivity contribution < 1.29 is 10.1 Å². The third kappa shape index (κ3) is 4.81. The monoisotopic (exact) mass is 331 g/mol. The lowest BCUT2D eigenvalue weighted by Gasteiger charge is -2.14. The molecule has 3 N–H and O–H groups in total. The van der Waals surface area contributed by atoms with Crippen LogP contribution in [0.3, 0.4) is 0 Å². The van der Waals surface area contributed by atoms with Gasteiger partial charge >= 0.3 is 0 Å². The van der Waals surface area contributed by atoms with Gasteiger partial charge in [0.2, 0.25) is 0 Å². The molecule has 0 spiro atoms. The minimum atomic E-state index is 0.0166. The van der Waals surface area contributed by atoms with Crippen molar-refractivity contribution in [3.8, 4) is 0 Å². The molecule has 3 nitrogen and oxygen atoms in total. The molecule has 2 aromatic rings. The minimum Gasteiger partial charge on any atom is -0.333 e. The molecule has 0 saturated carbocycles. The van der Waals surface area contributed by atoms with E-state index in [0.29, 0.717) is 6.54 Å². The minimum absolute atomic E-state index is 0.0166. The van der Waals surface area contributed by atoms with Gasteiger partial charge in [0, 0.05) is 16.3 Å². The summed E-state index contributed by atoms with van der Waals surface area (Å²) in [6, 6.07) is 14.0. The second-order valence-corrected chi connectivity index (χ2v) is 6.23. The van der Waals surface area contributed by atoms with Crippen LogP contribution in [0.15, 0.2) is 42.5 Å². The van der Waals surface area contributed by atoms with Crippen LogP contribution in [-0.2, 0) is 11.2 Å². The summed E-state index contributed by atoms with van der Waals surface area (Å²) in [4.78, 5) is 12.3. The number of nitrogens with one attached hydrogen (secondary N) is 1. The lowest BCUT2D eigenvalue weighted by Crippen LogP contribution is -2.86. The summed E-state index contributed by atoms with van der Waals surface area (Å²) in [7, 11) is 0. The van der Waals surface area contributed by atoms with Crippen molar-refractivity contribution in [1.29, 1.82) is 0 Å². The summed E-state index contributed by atoms with van der Waals surface area (Å²) in [5.41, 5.74) is 4.33. The van der Waals surface area contributed by atoms with Gasteiger partial charge in [0.05, 0.1) is 0 Å². The molecule has 1 amide bonds. The van der Waals surface area contributed by atoms with Gasteiger partial charge < -0.3 is 10.6 Å². The molecule has 0 radical (unpaired) electrons. The van der Waals surface area contributed by atoms with Crippen molar-refractivity contribution in [2.45, 2.75) is 33.2 Å². The Balaban J connectivity index is 1.96. The topological polar surface area (TPSA) is 45.7 Å². The number of halogens is 1. The first-order valence-corrected chi connectivity index (χ1v) is 8.36. The molecule has 0 fully saturated rings. The molecule has 0 aliphatic carbocycles. The lowest BCUT2D eigenvalue weighted by atomic mass is 10.1. The van der Waals surface area contributed by atoms with E-state index in [-0.39, 0.29) is 11.9 Å². The van der Waals surface area contributed by atoms with Gasteiger partial charge in [-0.1, -0.05) is 48.9 Å². The van der Waals surface area contributed by atoms with Crippen LogP contribution in [0.5, 0.6) is 0 Å². The van der Waals surface area contributed by atoms with Crippen LogP contribution in [0.4, 0.5) is 5.69 Å². The number of para-hydroxylation sites is 1. The van der Waals surface area contributed by atoms with Crippen molar-refractivity contribution in [2.24, 2.45) is 0 Å². The van der Waals surface area contributed by atoms with E-state index in [1.807, 2.05) is 48.6 Å². The number of carbonyl (C=O) groups excluding carboxylic acids is 1. The Bertz CT molecular complexity index is 685. The third-order valence-electron chi connectivity index (χ3n) is 4.04. The first-order valence-electron chi connectivity index (χ1n) is 7.98. The number of anilines is 1. The summed E-state index contributed by atoms with van der Waals surface area (Å²) < 4.78 is 0. The van der Waals surface area contributed by atoms with Crippen LogP contribution in [0.25, 0.3) is 0 Å². The van der Waals surface area contributed by atoms with Crippen molar-refractivity contribution >= 4 is 23.2 Å². The Labute approximate surface area is 143 Å². The molecular weight excluding hydrogens is 308 g/mol. The molecule has 0 heterocycles.